The maximum absolute atomic E-state index is 9.17. The Morgan fingerprint density at radius 1 is 1.50 bits per heavy atom. The van der Waals surface area contributed by atoms with Gasteiger partial charge in [-0.05, 0) is 30.9 Å². The van der Waals surface area contributed by atoms with Crippen molar-refractivity contribution in [3.8, 4) is 6.07 Å². The van der Waals surface area contributed by atoms with E-state index in [0.29, 0.717) is 16.9 Å². The number of hydrogen-bond acceptors (Lipinski definition) is 5. The van der Waals surface area contributed by atoms with Gasteiger partial charge in [0.1, 0.15) is 11.1 Å². The Hall–Kier alpha value is -1.51. The number of para-hydroxylation sites is 2. The highest BCUT2D eigenvalue weighted by atomic mass is 32.2. The van der Waals surface area contributed by atoms with Crippen LogP contribution in [0, 0.1) is 17.2 Å². The summed E-state index contributed by atoms with van der Waals surface area (Å²) in [6.45, 7) is 0. The van der Waals surface area contributed by atoms with Gasteiger partial charge in [-0.3, -0.25) is 0 Å². The van der Waals surface area contributed by atoms with Gasteiger partial charge in [0.2, 0.25) is 0 Å². The third kappa shape index (κ3) is 2.09. The number of hydrogen-bond donors (Lipinski definition) is 1. The number of fused-ring (bicyclic) bond motifs is 1. The highest BCUT2D eigenvalue weighted by Gasteiger charge is 2.42. The van der Waals surface area contributed by atoms with Gasteiger partial charge in [-0.1, -0.05) is 23.9 Å². The van der Waals surface area contributed by atoms with Crippen LogP contribution in [-0.4, -0.2) is 16.3 Å². The first-order valence-electron chi connectivity index (χ1n) is 5.90. The van der Waals surface area contributed by atoms with E-state index in [-0.39, 0.29) is 0 Å². The third-order valence-electron chi connectivity index (χ3n) is 3.22. The molecule has 0 bridgehead atoms. The number of aromatic nitrogens is 1. The van der Waals surface area contributed by atoms with Gasteiger partial charge in [-0.15, -0.1) is 0 Å². The fourth-order valence-electron chi connectivity index (χ4n) is 1.93. The maximum Gasteiger partial charge on any atom is 0.256 e. The monoisotopic (exact) mass is 259 g/mol. The molecule has 0 aliphatic heterocycles. The summed E-state index contributed by atoms with van der Waals surface area (Å²) in [5.41, 5.74) is 6.96. The van der Waals surface area contributed by atoms with Gasteiger partial charge < -0.3 is 10.2 Å². The Morgan fingerprint density at radius 2 is 2.28 bits per heavy atom. The van der Waals surface area contributed by atoms with E-state index in [4.69, 9.17) is 10.2 Å². The molecule has 0 saturated heterocycles. The molecule has 1 saturated carbocycles. The topological polar surface area (TPSA) is 75.8 Å². The molecular weight excluding hydrogens is 246 g/mol. The van der Waals surface area contributed by atoms with Gasteiger partial charge in [0.15, 0.2) is 5.58 Å². The summed E-state index contributed by atoms with van der Waals surface area (Å²) in [5.74, 6) is 0.862. The van der Waals surface area contributed by atoms with Crippen molar-refractivity contribution in [2.45, 2.75) is 23.6 Å². The van der Waals surface area contributed by atoms with Crippen LogP contribution in [0.5, 0.6) is 0 Å². The second-order valence-electron chi connectivity index (χ2n) is 4.66. The first-order valence-corrected chi connectivity index (χ1v) is 6.88. The average molecular weight is 259 g/mol. The van der Waals surface area contributed by atoms with Crippen LogP contribution < -0.4 is 5.73 Å². The lowest BCUT2D eigenvalue weighted by molar-refractivity contribution is 0.483. The van der Waals surface area contributed by atoms with Crippen molar-refractivity contribution in [1.82, 2.24) is 4.98 Å². The minimum atomic E-state index is -0.745. The molecule has 1 aliphatic carbocycles. The molecular formula is C13H13N3OS. The molecule has 0 amide bonds. The molecule has 1 aliphatic rings. The van der Waals surface area contributed by atoms with Gasteiger partial charge in [0.25, 0.3) is 5.22 Å². The quantitative estimate of drug-likeness (QED) is 0.854. The van der Waals surface area contributed by atoms with Gasteiger partial charge in [0, 0.05) is 5.75 Å². The van der Waals surface area contributed by atoms with Crippen molar-refractivity contribution >= 4 is 22.9 Å². The zero-order valence-corrected chi connectivity index (χ0v) is 10.6. The van der Waals surface area contributed by atoms with E-state index in [0.717, 1.165) is 23.9 Å². The van der Waals surface area contributed by atoms with E-state index >= 15 is 0 Å². The van der Waals surface area contributed by atoms with Crippen LogP contribution >= 0.6 is 11.8 Å². The SMILES string of the molecule is N#CC(N)(CSc1nc2ccccc2o1)C1CC1. The molecule has 3 rings (SSSR count). The number of nitriles is 1. The summed E-state index contributed by atoms with van der Waals surface area (Å²) in [5, 5.41) is 9.76. The standard InChI is InChI=1S/C13H13N3OS/c14-7-13(15,9-5-6-9)8-18-12-16-10-3-1-2-4-11(10)17-12/h1-4,9H,5-6,8,15H2. The molecule has 1 atom stereocenters. The number of thioether (sulfide) groups is 1. The van der Waals surface area contributed by atoms with Gasteiger partial charge in [-0.2, -0.15) is 5.26 Å². The lowest BCUT2D eigenvalue weighted by atomic mass is 10.00. The third-order valence-corrected chi connectivity index (χ3v) is 4.27. The second kappa shape index (κ2) is 4.30. The summed E-state index contributed by atoms with van der Waals surface area (Å²) in [6.07, 6.45) is 2.11. The van der Waals surface area contributed by atoms with E-state index in [1.54, 1.807) is 0 Å². The lowest BCUT2D eigenvalue weighted by Crippen LogP contribution is -2.43. The average Bonchev–Trinajstić information content (AvgIpc) is 3.16. The minimum Gasteiger partial charge on any atom is -0.431 e. The molecule has 1 aromatic heterocycles. The minimum absolute atomic E-state index is 0.333. The molecule has 18 heavy (non-hydrogen) atoms. The van der Waals surface area contributed by atoms with E-state index < -0.39 is 5.54 Å². The molecule has 1 unspecified atom stereocenters. The summed E-state index contributed by atoms with van der Waals surface area (Å²) >= 11 is 1.42. The molecule has 0 spiro atoms. The van der Waals surface area contributed by atoms with E-state index in [2.05, 4.69) is 11.1 Å². The van der Waals surface area contributed by atoms with Crippen molar-refractivity contribution in [1.29, 1.82) is 5.26 Å². The molecule has 1 fully saturated rings. The van der Waals surface area contributed by atoms with Crippen molar-refractivity contribution in [3.63, 3.8) is 0 Å². The molecule has 2 N–H and O–H groups in total. The van der Waals surface area contributed by atoms with Crippen LogP contribution in [-0.2, 0) is 0 Å². The van der Waals surface area contributed by atoms with Crippen molar-refractivity contribution in [3.05, 3.63) is 24.3 Å². The second-order valence-corrected chi connectivity index (χ2v) is 5.59. The van der Waals surface area contributed by atoms with Crippen molar-refractivity contribution < 1.29 is 4.42 Å². The van der Waals surface area contributed by atoms with E-state index in [1.807, 2.05) is 24.3 Å². The van der Waals surface area contributed by atoms with Gasteiger partial charge >= 0.3 is 0 Å². The fourth-order valence-corrected chi connectivity index (χ4v) is 2.91. The largest absolute Gasteiger partial charge is 0.431 e. The molecule has 92 valence electrons. The first-order chi connectivity index (χ1) is 8.71. The summed E-state index contributed by atoms with van der Waals surface area (Å²) in [6, 6.07) is 9.85. The summed E-state index contributed by atoms with van der Waals surface area (Å²) < 4.78 is 5.59. The fraction of sp³-hybridized carbons (Fsp3) is 0.385. The summed E-state index contributed by atoms with van der Waals surface area (Å²) in [4.78, 5) is 4.36. The number of nitrogens with two attached hydrogens (primary N) is 1. The van der Waals surface area contributed by atoms with Crippen molar-refractivity contribution in [2.24, 2.45) is 11.7 Å². The molecule has 4 nitrogen and oxygen atoms in total. The number of rotatable bonds is 4. The van der Waals surface area contributed by atoms with Crippen LogP contribution in [0.2, 0.25) is 0 Å². The predicted octanol–water partition coefficient (Wildman–Crippen LogP) is 2.55. The molecule has 1 heterocycles. The Bertz CT molecular complexity index is 581. The first kappa shape index (κ1) is 11.6. The normalized spacial score (nSPS) is 18.4. The Labute approximate surface area is 109 Å². The van der Waals surface area contributed by atoms with Crippen LogP contribution in [0.4, 0.5) is 0 Å². The smallest absolute Gasteiger partial charge is 0.256 e. The van der Waals surface area contributed by atoms with Crippen LogP contribution in [0.3, 0.4) is 0 Å². The number of oxazole rings is 1. The van der Waals surface area contributed by atoms with Gasteiger partial charge in [0.05, 0.1) is 6.07 Å². The molecule has 2 aromatic rings. The lowest BCUT2D eigenvalue weighted by Gasteiger charge is -2.18. The molecule has 5 heteroatoms. The molecule has 1 aromatic carbocycles. The number of benzene rings is 1. The Kier molecular flexibility index (Phi) is 2.77. The maximum atomic E-state index is 9.17. The zero-order valence-electron chi connectivity index (χ0n) is 9.80. The van der Waals surface area contributed by atoms with E-state index in [1.165, 1.54) is 11.8 Å². The van der Waals surface area contributed by atoms with Gasteiger partial charge in [-0.25, -0.2) is 4.98 Å². The van der Waals surface area contributed by atoms with E-state index in [9.17, 15) is 5.26 Å². The van der Waals surface area contributed by atoms with Crippen LogP contribution in [0.15, 0.2) is 33.9 Å². The number of nitrogens with zero attached hydrogens (tertiary/aromatic N) is 2. The molecule has 0 radical (unpaired) electrons. The zero-order chi connectivity index (χ0) is 12.6. The van der Waals surface area contributed by atoms with Crippen molar-refractivity contribution in [2.75, 3.05) is 5.75 Å². The van der Waals surface area contributed by atoms with Crippen LogP contribution in [0.1, 0.15) is 12.8 Å². The highest BCUT2D eigenvalue weighted by Crippen LogP contribution is 2.40. The predicted molar refractivity (Wildman–Crippen MR) is 70.0 cm³/mol. The van der Waals surface area contributed by atoms with Crippen LogP contribution in [0.25, 0.3) is 11.1 Å². The summed E-state index contributed by atoms with van der Waals surface area (Å²) in [7, 11) is 0. The highest BCUT2D eigenvalue weighted by molar-refractivity contribution is 7.99. The Balaban J connectivity index is 1.75. The Morgan fingerprint density at radius 3 is 2.94 bits per heavy atom.